The SMILES string of the molecule is O=C(O)C(=O)N1CCC2CCCC21. The Hall–Kier alpha value is -1.06. The van der Waals surface area contributed by atoms with Crippen LogP contribution in [0.25, 0.3) is 0 Å². The zero-order chi connectivity index (χ0) is 9.42. The van der Waals surface area contributed by atoms with Crippen LogP contribution in [0.5, 0.6) is 0 Å². The number of aliphatic carboxylic acids is 1. The van der Waals surface area contributed by atoms with Crippen molar-refractivity contribution in [2.24, 2.45) is 5.92 Å². The van der Waals surface area contributed by atoms with Crippen LogP contribution in [-0.2, 0) is 9.59 Å². The second-order valence-electron chi connectivity index (χ2n) is 3.85. The Morgan fingerprint density at radius 2 is 2.00 bits per heavy atom. The summed E-state index contributed by atoms with van der Waals surface area (Å²) in [6.45, 7) is 0.639. The van der Waals surface area contributed by atoms with E-state index in [9.17, 15) is 9.59 Å². The van der Waals surface area contributed by atoms with Gasteiger partial charge in [0.1, 0.15) is 0 Å². The standard InChI is InChI=1S/C9H13NO3/c11-8(9(12)13)10-5-4-6-2-1-3-7(6)10/h6-7H,1-5H2,(H,12,13). The van der Waals surface area contributed by atoms with Crippen LogP contribution in [0.15, 0.2) is 0 Å². The van der Waals surface area contributed by atoms with Crippen molar-refractivity contribution in [1.82, 2.24) is 4.90 Å². The van der Waals surface area contributed by atoms with Gasteiger partial charge in [-0.15, -0.1) is 0 Å². The second-order valence-corrected chi connectivity index (χ2v) is 3.85. The Balaban J connectivity index is 2.08. The third kappa shape index (κ3) is 1.30. The van der Waals surface area contributed by atoms with Gasteiger partial charge >= 0.3 is 11.9 Å². The van der Waals surface area contributed by atoms with Crippen molar-refractivity contribution in [2.75, 3.05) is 6.54 Å². The number of carbonyl (C=O) groups is 2. The maximum absolute atomic E-state index is 11.2. The Morgan fingerprint density at radius 3 is 2.69 bits per heavy atom. The molecule has 0 aromatic carbocycles. The fourth-order valence-electron chi connectivity index (χ4n) is 2.61. The van der Waals surface area contributed by atoms with Gasteiger partial charge in [-0.1, -0.05) is 6.42 Å². The number of likely N-dealkylation sites (tertiary alicyclic amines) is 1. The lowest BCUT2D eigenvalue weighted by molar-refractivity contribution is -0.156. The number of amides is 1. The number of nitrogens with zero attached hydrogens (tertiary/aromatic N) is 1. The lowest BCUT2D eigenvalue weighted by atomic mass is 10.0. The summed E-state index contributed by atoms with van der Waals surface area (Å²) in [5, 5.41) is 8.57. The zero-order valence-electron chi connectivity index (χ0n) is 7.40. The quantitative estimate of drug-likeness (QED) is 0.555. The topological polar surface area (TPSA) is 57.6 Å². The molecule has 0 bridgehead atoms. The normalized spacial score (nSPS) is 31.8. The summed E-state index contributed by atoms with van der Waals surface area (Å²) in [5.41, 5.74) is 0. The zero-order valence-corrected chi connectivity index (χ0v) is 7.40. The molecule has 1 heterocycles. The molecule has 1 amide bonds. The molecular formula is C9H13NO3. The first-order valence-corrected chi connectivity index (χ1v) is 4.74. The molecular weight excluding hydrogens is 170 g/mol. The number of carboxylic acid groups (broad SMARTS) is 1. The third-order valence-corrected chi connectivity index (χ3v) is 3.20. The largest absolute Gasteiger partial charge is 0.474 e. The fourth-order valence-corrected chi connectivity index (χ4v) is 2.61. The number of carboxylic acids is 1. The minimum absolute atomic E-state index is 0.226. The van der Waals surface area contributed by atoms with Crippen molar-refractivity contribution in [3.05, 3.63) is 0 Å². The molecule has 1 saturated heterocycles. The van der Waals surface area contributed by atoms with Crippen LogP contribution in [0.3, 0.4) is 0 Å². The average Bonchev–Trinajstić information content (AvgIpc) is 2.61. The van der Waals surface area contributed by atoms with Gasteiger partial charge in [0.25, 0.3) is 0 Å². The molecule has 4 nitrogen and oxygen atoms in total. The lowest BCUT2D eigenvalue weighted by Crippen LogP contribution is -2.40. The molecule has 4 heteroatoms. The first-order chi connectivity index (χ1) is 6.20. The minimum Gasteiger partial charge on any atom is -0.474 e. The summed E-state index contributed by atoms with van der Waals surface area (Å²) < 4.78 is 0. The van der Waals surface area contributed by atoms with Gasteiger partial charge in [-0.25, -0.2) is 4.79 Å². The predicted molar refractivity (Wildman–Crippen MR) is 45.1 cm³/mol. The first kappa shape index (κ1) is 8.53. The van der Waals surface area contributed by atoms with E-state index in [0.717, 1.165) is 25.7 Å². The van der Waals surface area contributed by atoms with Crippen molar-refractivity contribution in [3.63, 3.8) is 0 Å². The summed E-state index contributed by atoms with van der Waals surface area (Å²) in [6, 6.07) is 0.226. The molecule has 1 aliphatic carbocycles. The highest BCUT2D eigenvalue weighted by molar-refractivity contribution is 6.31. The van der Waals surface area contributed by atoms with Crippen molar-refractivity contribution in [3.8, 4) is 0 Å². The van der Waals surface area contributed by atoms with E-state index in [4.69, 9.17) is 5.11 Å². The van der Waals surface area contributed by atoms with Crippen molar-refractivity contribution in [1.29, 1.82) is 0 Å². The van der Waals surface area contributed by atoms with E-state index in [2.05, 4.69) is 0 Å². The molecule has 72 valence electrons. The summed E-state index contributed by atoms with van der Waals surface area (Å²) in [4.78, 5) is 23.2. The van der Waals surface area contributed by atoms with Crippen molar-refractivity contribution < 1.29 is 14.7 Å². The summed E-state index contributed by atoms with van der Waals surface area (Å²) in [6.07, 6.45) is 4.28. The fraction of sp³-hybridized carbons (Fsp3) is 0.778. The molecule has 2 unspecified atom stereocenters. The molecule has 1 aliphatic heterocycles. The maximum atomic E-state index is 11.2. The van der Waals surface area contributed by atoms with E-state index in [1.807, 2.05) is 0 Å². The van der Waals surface area contributed by atoms with Gasteiger partial charge < -0.3 is 10.0 Å². The number of carbonyl (C=O) groups excluding carboxylic acids is 1. The highest BCUT2D eigenvalue weighted by atomic mass is 16.4. The van der Waals surface area contributed by atoms with E-state index in [1.54, 1.807) is 4.90 Å². The number of rotatable bonds is 0. The smallest absolute Gasteiger partial charge is 0.394 e. The van der Waals surface area contributed by atoms with Crippen LogP contribution in [0.4, 0.5) is 0 Å². The summed E-state index contributed by atoms with van der Waals surface area (Å²) >= 11 is 0. The highest BCUT2D eigenvalue weighted by Crippen LogP contribution is 2.37. The Labute approximate surface area is 76.5 Å². The summed E-state index contributed by atoms with van der Waals surface area (Å²) in [7, 11) is 0. The van der Waals surface area contributed by atoms with E-state index in [1.165, 1.54) is 0 Å². The molecule has 2 aliphatic rings. The maximum Gasteiger partial charge on any atom is 0.394 e. The van der Waals surface area contributed by atoms with Crippen LogP contribution < -0.4 is 0 Å². The Morgan fingerprint density at radius 1 is 1.23 bits per heavy atom. The van der Waals surface area contributed by atoms with Gasteiger partial charge in [0.15, 0.2) is 0 Å². The van der Waals surface area contributed by atoms with Crippen molar-refractivity contribution >= 4 is 11.9 Å². The second kappa shape index (κ2) is 3.01. The van der Waals surface area contributed by atoms with Gasteiger partial charge in [0, 0.05) is 12.6 Å². The van der Waals surface area contributed by atoms with Crippen LogP contribution in [0.1, 0.15) is 25.7 Å². The average molecular weight is 183 g/mol. The van der Waals surface area contributed by atoms with Gasteiger partial charge in [-0.05, 0) is 25.2 Å². The molecule has 13 heavy (non-hydrogen) atoms. The molecule has 0 spiro atoms. The first-order valence-electron chi connectivity index (χ1n) is 4.74. The minimum atomic E-state index is -1.31. The molecule has 2 fully saturated rings. The lowest BCUT2D eigenvalue weighted by Gasteiger charge is -2.21. The number of hydrogen-bond donors (Lipinski definition) is 1. The van der Waals surface area contributed by atoms with Crippen LogP contribution in [0.2, 0.25) is 0 Å². The number of fused-ring (bicyclic) bond motifs is 1. The van der Waals surface area contributed by atoms with Gasteiger partial charge in [-0.3, -0.25) is 4.79 Å². The summed E-state index contributed by atoms with van der Waals surface area (Å²) in [5.74, 6) is -1.45. The molecule has 1 saturated carbocycles. The van der Waals surface area contributed by atoms with Crippen LogP contribution >= 0.6 is 0 Å². The van der Waals surface area contributed by atoms with Gasteiger partial charge in [0.2, 0.25) is 0 Å². The molecule has 2 atom stereocenters. The Bertz CT molecular complexity index is 251. The predicted octanol–water partition coefficient (Wildman–Crippen LogP) is 0.472. The van der Waals surface area contributed by atoms with E-state index >= 15 is 0 Å². The Kier molecular flexibility index (Phi) is 1.98. The van der Waals surface area contributed by atoms with Gasteiger partial charge in [0.05, 0.1) is 0 Å². The van der Waals surface area contributed by atoms with Crippen LogP contribution in [0, 0.1) is 5.92 Å². The van der Waals surface area contributed by atoms with Crippen molar-refractivity contribution in [2.45, 2.75) is 31.7 Å². The molecule has 0 radical (unpaired) electrons. The molecule has 0 aromatic rings. The molecule has 0 aromatic heterocycles. The third-order valence-electron chi connectivity index (χ3n) is 3.20. The van der Waals surface area contributed by atoms with E-state index in [0.29, 0.717) is 12.5 Å². The molecule has 2 rings (SSSR count). The monoisotopic (exact) mass is 183 g/mol. The molecule has 1 N–H and O–H groups in total. The van der Waals surface area contributed by atoms with E-state index < -0.39 is 11.9 Å². The van der Waals surface area contributed by atoms with E-state index in [-0.39, 0.29) is 6.04 Å². The number of hydrogen-bond acceptors (Lipinski definition) is 2. The van der Waals surface area contributed by atoms with Crippen LogP contribution in [-0.4, -0.2) is 34.5 Å². The van der Waals surface area contributed by atoms with Gasteiger partial charge in [-0.2, -0.15) is 0 Å². The highest BCUT2D eigenvalue weighted by Gasteiger charge is 2.41.